The zero-order chi connectivity index (χ0) is 13.8. The average Bonchev–Trinajstić information content (AvgIpc) is 2.35. The molecule has 0 aliphatic rings. The van der Waals surface area contributed by atoms with Gasteiger partial charge in [-0.05, 0) is 25.1 Å². The number of halogens is 1. The summed E-state index contributed by atoms with van der Waals surface area (Å²) < 4.78 is 29.4. The number of sulfonamides is 1. The number of methoxy groups -OCH3 is 1. The second-order valence-electron chi connectivity index (χ2n) is 3.46. The topological polar surface area (TPSA) is 63.7 Å². The van der Waals surface area contributed by atoms with Gasteiger partial charge in [-0.3, -0.25) is 9.10 Å². The van der Waals surface area contributed by atoms with Crippen molar-refractivity contribution in [1.29, 1.82) is 0 Å². The van der Waals surface area contributed by atoms with Crippen LogP contribution in [-0.4, -0.2) is 33.8 Å². The Morgan fingerprint density at radius 2 is 2.11 bits per heavy atom. The number of carbonyl (C=O) groups is 1. The van der Waals surface area contributed by atoms with Crippen molar-refractivity contribution in [1.82, 2.24) is 0 Å². The van der Waals surface area contributed by atoms with Crippen LogP contribution in [0.2, 0.25) is 5.02 Å². The van der Waals surface area contributed by atoms with Crippen molar-refractivity contribution in [2.45, 2.75) is 6.92 Å². The normalized spacial score (nSPS) is 11.1. The molecule has 0 aliphatic carbocycles. The van der Waals surface area contributed by atoms with E-state index in [9.17, 15) is 13.2 Å². The minimum absolute atomic E-state index is 0.115. The molecule has 0 atom stereocenters. The average molecular weight is 292 g/mol. The lowest BCUT2D eigenvalue weighted by atomic mass is 10.3. The van der Waals surface area contributed by atoms with Crippen LogP contribution in [0.25, 0.3) is 0 Å². The van der Waals surface area contributed by atoms with E-state index in [1.165, 1.54) is 20.1 Å². The van der Waals surface area contributed by atoms with Crippen LogP contribution >= 0.6 is 11.6 Å². The van der Waals surface area contributed by atoms with Gasteiger partial charge in [-0.1, -0.05) is 17.7 Å². The van der Waals surface area contributed by atoms with Gasteiger partial charge in [0.05, 0.1) is 18.6 Å². The molecule has 5 nitrogen and oxygen atoms in total. The van der Waals surface area contributed by atoms with E-state index in [1.54, 1.807) is 18.2 Å². The molecular weight excluding hydrogens is 278 g/mol. The first-order chi connectivity index (χ1) is 8.40. The molecule has 1 aromatic carbocycles. The van der Waals surface area contributed by atoms with Crippen LogP contribution in [0.5, 0.6) is 0 Å². The van der Waals surface area contributed by atoms with Crippen LogP contribution in [0.3, 0.4) is 0 Å². The smallest absolute Gasteiger partial charge is 0.326 e. The van der Waals surface area contributed by atoms with Crippen LogP contribution < -0.4 is 4.31 Å². The van der Waals surface area contributed by atoms with Crippen LogP contribution in [0.1, 0.15) is 6.92 Å². The SMILES string of the molecule is CCS(=O)(=O)N(CC(=O)OC)c1cccc(Cl)c1. The van der Waals surface area contributed by atoms with E-state index in [0.29, 0.717) is 10.7 Å². The summed E-state index contributed by atoms with van der Waals surface area (Å²) in [4.78, 5) is 11.3. The van der Waals surface area contributed by atoms with Gasteiger partial charge in [0, 0.05) is 5.02 Å². The van der Waals surface area contributed by atoms with E-state index >= 15 is 0 Å². The molecule has 0 N–H and O–H groups in total. The highest BCUT2D eigenvalue weighted by Crippen LogP contribution is 2.22. The summed E-state index contributed by atoms with van der Waals surface area (Å²) in [6.07, 6.45) is 0. The van der Waals surface area contributed by atoms with Crippen LogP contribution in [0.15, 0.2) is 24.3 Å². The van der Waals surface area contributed by atoms with Gasteiger partial charge >= 0.3 is 5.97 Å². The quantitative estimate of drug-likeness (QED) is 0.774. The van der Waals surface area contributed by atoms with Crippen molar-refractivity contribution >= 4 is 33.3 Å². The third kappa shape index (κ3) is 3.61. The fourth-order valence-corrected chi connectivity index (χ4v) is 2.55. The summed E-state index contributed by atoms with van der Waals surface area (Å²) >= 11 is 5.81. The highest BCUT2D eigenvalue weighted by atomic mass is 35.5. The number of esters is 1. The molecule has 0 unspecified atom stereocenters. The van der Waals surface area contributed by atoms with Gasteiger partial charge in [0.25, 0.3) is 0 Å². The van der Waals surface area contributed by atoms with Crippen molar-refractivity contribution in [2.24, 2.45) is 0 Å². The minimum atomic E-state index is -3.56. The zero-order valence-electron chi connectivity index (χ0n) is 10.1. The highest BCUT2D eigenvalue weighted by Gasteiger charge is 2.23. The van der Waals surface area contributed by atoms with E-state index in [4.69, 9.17) is 11.6 Å². The highest BCUT2D eigenvalue weighted by molar-refractivity contribution is 7.92. The molecule has 0 aliphatic heterocycles. The molecule has 0 amide bonds. The molecule has 1 rings (SSSR count). The van der Waals surface area contributed by atoms with Crippen LogP contribution in [0.4, 0.5) is 5.69 Å². The Morgan fingerprint density at radius 3 is 2.61 bits per heavy atom. The maximum absolute atomic E-state index is 11.9. The summed E-state index contributed by atoms with van der Waals surface area (Å²) in [6.45, 7) is 1.14. The molecule has 1 aromatic rings. The van der Waals surface area contributed by atoms with E-state index < -0.39 is 16.0 Å². The van der Waals surface area contributed by atoms with Gasteiger partial charge in [-0.25, -0.2) is 8.42 Å². The number of rotatable bonds is 5. The standard InChI is InChI=1S/C11H14ClNO4S/c1-3-18(15,16)13(8-11(14)17-2)10-6-4-5-9(12)7-10/h4-7H,3,8H2,1-2H3. The molecule has 0 spiro atoms. The van der Waals surface area contributed by atoms with Gasteiger partial charge in [-0.2, -0.15) is 0 Å². The largest absolute Gasteiger partial charge is 0.468 e. The number of carbonyl (C=O) groups excluding carboxylic acids is 1. The first-order valence-electron chi connectivity index (χ1n) is 5.23. The maximum Gasteiger partial charge on any atom is 0.326 e. The lowest BCUT2D eigenvalue weighted by Gasteiger charge is -2.22. The third-order valence-electron chi connectivity index (χ3n) is 2.30. The molecule has 100 valence electrons. The minimum Gasteiger partial charge on any atom is -0.468 e. The number of hydrogen-bond donors (Lipinski definition) is 0. The summed E-state index contributed by atoms with van der Waals surface area (Å²) in [5.74, 6) is -0.747. The number of ether oxygens (including phenoxy) is 1. The van der Waals surface area contributed by atoms with Crippen LogP contribution in [0, 0.1) is 0 Å². The Bertz CT molecular complexity index is 530. The Hall–Kier alpha value is -1.27. The van der Waals surface area contributed by atoms with E-state index in [-0.39, 0.29) is 12.3 Å². The molecule has 0 saturated heterocycles. The summed E-state index contributed by atoms with van der Waals surface area (Å²) in [6, 6.07) is 6.30. The van der Waals surface area contributed by atoms with Crippen molar-refractivity contribution < 1.29 is 17.9 Å². The summed E-state index contributed by atoms with van der Waals surface area (Å²) in [5, 5.41) is 0.397. The van der Waals surface area contributed by atoms with Crippen molar-refractivity contribution in [3.8, 4) is 0 Å². The van der Waals surface area contributed by atoms with Gasteiger partial charge in [-0.15, -0.1) is 0 Å². The fourth-order valence-electron chi connectivity index (χ4n) is 1.32. The Balaban J connectivity index is 3.17. The fraction of sp³-hybridized carbons (Fsp3) is 0.364. The van der Waals surface area contributed by atoms with Crippen molar-refractivity contribution in [3.05, 3.63) is 29.3 Å². The number of hydrogen-bond acceptors (Lipinski definition) is 4. The lowest BCUT2D eigenvalue weighted by molar-refractivity contribution is -0.138. The zero-order valence-corrected chi connectivity index (χ0v) is 11.7. The summed E-state index contributed by atoms with van der Waals surface area (Å²) in [7, 11) is -2.36. The van der Waals surface area contributed by atoms with E-state index in [0.717, 1.165) is 4.31 Å². The Kier molecular flexibility index (Phi) is 4.98. The van der Waals surface area contributed by atoms with Crippen molar-refractivity contribution in [2.75, 3.05) is 23.7 Å². The molecule has 0 saturated carbocycles. The molecule has 18 heavy (non-hydrogen) atoms. The van der Waals surface area contributed by atoms with E-state index in [2.05, 4.69) is 4.74 Å². The number of anilines is 1. The first kappa shape index (κ1) is 14.8. The molecular formula is C11H14ClNO4S. The van der Waals surface area contributed by atoms with Gasteiger partial charge < -0.3 is 4.74 Å². The number of nitrogens with zero attached hydrogens (tertiary/aromatic N) is 1. The predicted octanol–water partition coefficient (Wildman–Crippen LogP) is 1.67. The van der Waals surface area contributed by atoms with E-state index in [1.807, 2.05) is 0 Å². The number of benzene rings is 1. The summed E-state index contributed by atoms with van der Waals surface area (Å²) in [5.41, 5.74) is 0.342. The van der Waals surface area contributed by atoms with Crippen molar-refractivity contribution in [3.63, 3.8) is 0 Å². The molecule has 0 aromatic heterocycles. The molecule has 0 fully saturated rings. The Morgan fingerprint density at radius 1 is 1.44 bits per heavy atom. The second kappa shape index (κ2) is 6.06. The third-order valence-corrected chi connectivity index (χ3v) is 4.27. The molecule has 0 heterocycles. The van der Waals surface area contributed by atoms with Gasteiger partial charge in [0.2, 0.25) is 10.0 Å². The van der Waals surface area contributed by atoms with Crippen LogP contribution in [-0.2, 0) is 19.6 Å². The monoisotopic (exact) mass is 291 g/mol. The lowest BCUT2D eigenvalue weighted by Crippen LogP contribution is -2.37. The first-order valence-corrected chi connectivity index (χ1v) is 7.22. The Labute approximate surface area is 111 Å². The van der Waals surface area contributed by atoms with Gasteiger partial charge in [0.1, 0.15) is 6.54 Å². The second-order valence-corrected chi connectivity index (χ2v) is 6.08. The maximum atomic E-state index is 11.9. The molecule has 0 bridgehead atoms. The predicted molar refractivity (Wildman–Crippen MR) is 70.3 cm³/mol. The molecule has 7 heteroatoms. The van der Waals surface area contributed by atoms with Gasteiger partial charge in [0.15, 0.2) is 0 Å². The molecule has 0 radical (unpaired) electrons.